The summed E-state index contributed by atoms with van der Waals surface area (Å²) in [6, 6.07) is 7.72. The zero-order valence-electron chi connectivity index (χ0n) is 21.1. The number of amides is 1. The van der Waals surface area contributed by atoms with E-state index in [1.807, 2.05) is 18.3 Å². The van der Waals surface area contributed by atoms with Crippen LogP contribution < -0.4 is 10.2 Å². The average Bonchev–Trinajstić information content (AvgIpc) is 3.28. The molecule has 5 heterocycles. The van der Waals surface area contributed by atoms with E-state index in [0.717, 1.165) is 18.4 Å². The number of alkyl halides is 3. The van der Waals surface area contributed by atoms with E-state index in [-0.39, 0.29) is 29.9 Å². The molecule has 0 atom stereocenters. The summed E-state index contributed by atoms with van der Waals surface area (Å²) < 4.78 is 45.2. The minimum absolute atomic E-state index is 0.0234. The molecule has 2 fully saturated rings. The van der Waals surface area contributed by atoms with Gasteiger partial charge in [0.2, 0.25) is 11.9 Å². The van der Waals surface area contributed by atoms with E-state index in [2.05, 4.69) is 31.7 Å². The predicted octanol–water partition coefficient (Wildman–Crippen LogP) is 3.60. The molecule has 0 aromatic carbocycles. The number of hydrogen-bond donors (Lipinski definition) is 1. The van der Waals surface area contributed by atoms with Gasteiger partial charge in [0, 0.05) is 44.0 Å². The number of nitriles is 1. The van der Waals surface area contributed by atoms with E-state index in [1.54, 1.807) is 26.4 Å². The Morgan fingerprint density at radius 1 is 1.21 bits per heavy atom. The second-order valence-corrected chi connectivity index (χ2v) is 10.1. The van der Waals surface area contributed by atoms with E-state index >= 15 is 0 Å². The summed E-state index contributed by atoms with van der Waals surface area (Å²) in [5.74, 6) is 0.169. The highest BCUT2D eigenvalue weighted by Gasteiger charge is 2.42. The summed E-state index contributed by atoms with van der Waals surface area (Å²) >= 11 is 0. The molecule has 0 radical (unpaired) electrons. The number of nitrogens with zero attached hydrogens (tertiary/aromatic N) is 9. The number of halogens is 3. The van der Waals surface area contributed by atoms with Crippen molar-refractivity contribution >= 4 is 23.2 Å². The van der Waals surface area contributed by atoms with Crippen LogP contribution in [0.5, 0.6) is 0 Å². The number of rotatable bonds is 6. The molecule has 202 valence electrons. The van der Waals surface area contributed by atoms with Gasteiger partial charge in [0.25, 0.3) is 0 Å². The van der Waals surface area contributed by atoms with Gasteiger partial charge in [0.05, 0.1) is 35.6 Å². The Labute approximate surface area is 220 Å². The number of fused-ring (bicyclic) bond motifs is 1. The lowest BCUT2D eigenvalue weighted by atomic mass is 9.84. The normalized spacial score (nSPS) is 17.4. The van der Waals surface area contributed by atoms with E-state index in [0.29, 0.717) is 37.3 Å². The molecule has 1 aliphatic heterocycles. The van der Waals surface area contributed by atoms with Gasteiger partial charge < -0.3 is 4.90 Å². The number of carbonyl (C=O) groups excluding carboxylic acids is 1. The Morgan fingerprint density at radius 3 is 2.67 bits per heavy atom. The quantitative estimate of drug-likeness (QED) is 0.398. The fourth-order valence-electron chi connectivity index (χ4n) is 5.16. The topological polar surface area (TPSA) is 122 Å². The Balaban J connectivity index is 1.26. The van der Waals surface area contributed by atoms with Crippen molar-refractivity contribution in [3.05, 3.63) is 42.5 Å². The average molecular weight is 539 g/mol. The summed E-state index contributed by atoms with van der Waals surface area (Å²) in [5, 5.41) is 25.1. The van der Waals surface area contributed by atoms with Crippen molar-refractivity contribution in [2.24, 2.45) is 13.0 Å². The molecule has 0 unspecified atom stereocenters. The van der Waals surface area contributed by atoms with Crippen LogP contribution in [0, 0.1) is 17.2 Å². The van der Waals surface area contributed by atoms with Crippen LogP contribution in [0.3, 0.4) is 0 Å². The van der Waals surface area contributed by atoms with Gasteiger partial charge >= 0.3 is 6.18 Å². The van der Waals surface area contributed by atoms with Crippen molar-refractivity contribution in [1.29, 1.82) is 5.26 Å². The van der Waals surface area contributed by atoms with Crippen molar-refractivity contribution in [2.75, 3.05) is 23.3 Å². The fourth-order valence-corrected chi connectivity index (χ4v) is 5.16. The number of hydrogen-bond acceptors (Lipinski definition) is 7. The van der Waals surface area contributed by atoms with Gasteiger partial charge in [-0.2, -0.15) is 33.6 Å². The summed E-state index contributed by atoms with van der Waals surface area (Å²) in [6.07, 6.45) is 3.09. The molecule has 1 saturated heterocycles. The molecule has 1 aliphatic carbocycles. The van der Waals surface area contributed by atoms with Crippen LogP contribution in [-0.2, 0) is 23.6 Å². The van der Waals surface area contributed by atoms with Crippen LogP contribution in [0.2, 0.25) is 0 Å². The summed E-state index contributed by atoms with van der Waals surface area (Å²) in [5.41, 5.74) is 0.448. The van der Waals surface area contributed by atoms with Gasteiger partial charge in [-0.15, -0.1) is 5.10 Å². The lowest BCUT2D eigenvalue weighted by molar-refractivity contribution is -0.141. The van der Waals surface area contributed by atoms with Crippen LogP contribution in [-0.4, -0.2) is 53.2 Å². The van der Waals surface area contributed by atoms with Crippen molar-refractivity contribution in [1.82, 2.24) is 34.2 Å². The third-order valence-electron chi connectivity index (χ3n) is 7.43. The highest BCUT2D eigenvalue weighted by atomic mass is 19.4. The maximum atomic E-state index is 13.5. The van der Waals surface area contributed by atoms with Gasteiger partial charge in [0.1, 0.15) is 0 Å². The monoisotopic (exact) mass is 538 g/mol. The first-order chi connectivity index (χ1) is 18.7. The molecule has 4 aromatic rings. The molecule has 14 heteroatoms. The van der Waals surface area contributed by atoms with E-state index < -0.39 is 17.4 Å². The predicted molar refractivity (Wildman–Crippen MR) is 133 cm³/mol. The third-order valence-corrected chi connectivity index (χ3v) is 7.43. The SMILES string of the molecule is Cn1cc(N2CCC(CC#N)(n3cc(-c4cccc5nc(NC(=O)C6CC6)nn45)cn3)CC2)c(C(F)(F)F)n1. The Bertz CT molecular complexity index is 1580. The zero-order valence-corrected chi connectivity index (χ0v) is 21.1. The maximum Gasteiger partial charge on any atom is 0.437 e. The Kier molecular flexibility index (Phi) is 5.81. The second kappa shape index (κ2) is 9.11. The molecule has 2 aliphatic rings. The van der Waals surface area contributed by atoms with Crippen LogP contribution in [0.1, 0.15) is 37.8 Å². The lowest BCUT2D eigenvalue weighted by Crippen LogP contribution is -2.46. The van der Waals surface area contributed by atoms with Gasteiger partial charge in [-0.25, -0.2) is 4.52 Å². The molecule has 11 nitrogen and oxygen atoms in total. The number of carbonyl (C=O) groups is 1. The van der Waals surface area contributed by atoms with Crippen LogP contribution in [0.25, 0.3) is 16.9 Å². The first kappa shape index (κ1) is 24.9. The maximum absolute atomic E-state index is 13.5. The number of anilines is 2. The van der Waals surface area contributed by atoms with E-state index in [9.17, 15) is 23.2 Å². The minimum Gasteiger partial charge on any atom is -0.368 e. The number of pyridine rings is 1. The Hall–Kier alpha value is -4.41. The zero-order chi connectivity index (χ0) is 27.4. The standard InChI is InChI=1S/C25H25F3N10O/c1-35-15-19(21(33-35)25(26,27)28)36-11-8-24(7-10-29,9-12-36)37-14-17(13-30-37)18-3-2-4-20-31-23(34-38(18)20)32-22(39)16-5-6-16/h2-4,13-16H,5-9,11-12H2,1H3,(H,32,34,39). The number of piperidine rings is 1. The van der Waals surface area contributed by atoms with Crippen molar-refractivity contribution in [3.8, 4) is 17.3 Å². The van der Waals surface area contributed by atoms with Gasteiger partial charge in [-0.05, 0) is 37.8 Å². The van der Waals surface area contributed by atoms with Crippen LogP contribution >= 0.6 is 0 Å². The highest BCUT2D eigenvalue weighted by molar-refractivity contribution is 5.92. The van der Waals surface area contributed by atoms with Crippen molar-refractivity contribution in [2.45, 2.75) is 43.8 Å². The van der Waals surface area contributed by atoms with Gasteiger partial charge in [0.15, 0.2) is 11.3 Å². The molecule has 39 heavy (non-hydrogen) atoms. The molecular weight excluding hydrogens is 513 g/mol. The molecule has 0 bridgehead atoms. The fraction of sp³-hybridized carbons (Fsp3) is 0.440. The van der Waals surface area contributed by atoms with Crippen molar-refractivity contribution < 1.29 is 18.0 Å². The number of aromatic nitrogens is 7. The summed E-state index contributed by atoms with van der Waals surface area (Å²) in [7, 11) is 1.47. The summed E-state index contributed by atoms with van der Waals surface area (Å²) in [4.78, 5) is 18.2. The van der Waals surface area contributed by atoms with Crippen LogP contribution in [0.15, 0.2) is 36.8 Å². The number of nitrogens with one attached hydrogen (secondary N) is 1. The van der Waals surface area contributed by atoms with Crippen LogP contribution in [0.4, 0.5) is 24.8 Å². The molecule has 4 aromatic heterocycles. The number of aryl methyl sites for hydroxylation is 1. The van der Waals surface area contributed by atoms with E-state index in [1.165, 1.54) is 17.9 Å². The molecule has 6 rings (SSSR count). The summed E-state index contributed by atoms with van der Waals surface area (Å²) in [6.45, 7) is 0.628. The lowest BCUT2D eigenvalue weighted by Gasteiger charge is -2.41. The molecule has 1 saturated carbocycles. The Morgan fingerprint density at radius 2 is 1.97 bits per heavy atom. The first-order valence-corrected chi connectivity index (χ1v) is 12.6. The largest absolute Gasteiger partial charge is 0.437 e. The van der Waals surface area contributed by atoms with Gasteiger partial charge in [-0.1, -0.05) is 6.07 Å². The van der Waals surface area contributed by atoms with E-state index in [4.69, 9.17) is 0 Å². The third kappa shape index (κ3) is 4.58. The highest BCUT2D eigenvalue weighted by Crippen LogP contribution is 2.40. The molecule has 1 N–H and O–H groups in total. The molecule has 0 spiro atoms. The van der Waals surface area contributed by atoms with Gasteiger partial charge in [-0.3, -0.25) is 19.5 Å². The van der Waals surface area contributed by atoms with Crippen molar-refractivity contribution in [3.63, 3.8) is 0 Å². The minimum atomic E-state index is -4.56. The first-order valence-electron chi connectivity index (χ1n) is 12.6. The second-order valence-electron chi connectivity index (χ2n) is 10.1. The molecule has 1 amide bonds. The molecular formula is C25H25F3N10O. The smallest absolute Gasteiger partial charge is 0.368 e.